The lowest BCUT2D eigenvalue weighted by atomic mass is 10.1. The topological polar surface area (TPSA) is 130 Å². The highest BCUT2D eigenvalue weighted by Gasteiger charge is 1.96. The number of carbonyl (C=O) groups is 1. The highest BCUT2D eigenvalue weighted by Crippen LogP contribution is 2.10. The van der Waals surface area contributed by atoms with Crippen LogP contribution in [-0.2, 0) is 4.79 Å². The maximum absolute atomic E-state index is 10.2. The predicted octanol–water partition coefficient (Wildman–Crippen LogP) is 1.87. The van der Waals surface area contributed by atoms with Crippen molar-refractivity contribution in [1.82, 2.24) is 0 Å². The van der Waals surface area contributed by atoms with Gasteiger partial charge in [-0.2, -0.15) is 0 Å². The van der Waals surface area contributed by atoms with Crippen molar-refractivity contribution in [2.45, 2.75) is 71.1 Å². The van der Waals surface area contributed by atoms with Gasteiger partial charge in [-0.15, -0.1) is 0 Å². The normalized spacial score (nSPS) is 9.32. The molecule has 136 valence electrons. The molecule has 6 heteroatoms. The lowest BCUT2D eigenvalue weighted by Gasteiger charge is -2.00. The Morgan fingerprint density at radius 3 is 1.36 bits per heavy atom. The van der Waals surface area contributed by atoms with E-state index in [0.717, 1.165) is 12.8 Å². The van der Waals surface area contributed by atoms with Crippen LogP contribution in [0.2, 0.25) is 0 Å². The molecule has 0 saturated carbocycles. The van der Waals surface area contributed by atoms with Gasteiger partial charge in [0.1, 0.15) is 0 Å². The van der Waals surface area contributed by atoms with Crippen LogP contribution in [0.5, 0.6) is 0 Å². The lowest BCUT2D eigenvalue weighted by molar-refractivity contribution is -0.137. The first-order valence-corrected chi connectivity index (χ1v) is 8.44. The number of aliphatic hydroxyl groups is 2. The Hall–Kier alpha value is -0.690. The molecule has 6 nitrogen and oxygen atoms in total. The van der Waals surface area contributed by atoms with Gasteiger partial charge in [0, 0.05) is 19.5 Å². The maximum atomic E-state index is 10.2. The van der Waals surface area contributed by atoms with Crippen molar-refractivity contribution in [2.24, 2.45) is 11.5 Å². The van der Waals surface area contributed by atoms with E-state index < -0.39 is 5.97 Å². The molecule has 0 heterocycles. The second-order valence-electron chi connectivity index (χ2n) is 5.00. The molecule has 0 atom stereocenters. The summed E-state index contributed by atoms with van der Waals surface area (Å²) in [6.07, 6.45) is 11.5. The van der Waals surface area contributed by atoms with Gasteiger partial charge in [0.25, 0.3) is 0 Å². The van der Waals surface area contributed by atoms with E-state index in [1.54, 1.807) is 0 Å². The Morgan fingerprint density at radius 2 is 1.09 bits per heavy atom. The number of unbranched alkanes of at least 4 members (excludes halogenated alkanes) is 8. The first kappa shape index (κ1) is 26.2. The standard InChI is InChI=1S/C12H24O2.2C2H7NO/c1-2-3-4-5-6-7-8-9-10-11-12(13)14;2*3-1-2-4/h2-11H2,1H3,(H,13,14);2*4H,1-3H2. The van der Waals surface area contributed by atoms with Gasteiger partial charge in [-0.3, -0.25) is 4.79 Å². The average molecular weight is 322 g/mol. The molecule has 0 aromatic carbocycles. The molecular formula is C16H38N2O4. The van der Waals surface area contributed by atoms with Gasteiger partial charge in [-0.1, -0.05) is 58.3 Å². The van der Waals surface area contributed by atoms with Crippen LogP contribution in [0.1, 0.15) is 71.1 Å². The fraction of sp³-hybridized carbons (Fsp3) is 0.938. The molecule has 0 amide bonds. The highest BCUT2D eigenvalue weighted by atomic mass is 16.4. The number of hydrogen-bond acceptors (Lipinski definition) is 5. The monoisotopic (exact) mass is 322 g/mol. The summed E-state index contributed by atoms with van der Waals surface area (Å²) < 4.78 is 0. The predicted molar refractivity (Wildman–Crippen MR) is 91.8 cm³/mol. The molecule has 0 radical (unpaired) electrons. The molecule has 0 bridgehead atoms. The minimum Gasteiger partial charge on any atom is -0.481 e. The molecule has 0 rings (SSSR count). The van der Waals surface area contributed by atoms with E-state index in [1.165, 1.54) is 44.9 Å². The Morgan fingerprint density at radius 1 is 0.773 bits per heavy atom. The molecule has 0 aliphatic rings. The minimum absolute atomic E-state index is 0.0972. The third-order valence-corrected chi connectivity index (χ3v) is 2.75. The Kier molecular flexibility index (Phi) is 33.9. The molecular weight excluding hydrogens is 284 g/mol. The Labute approximate surface area is 135 Å². The summed E-state index contributed by atoms with van der Waals surface area (Å²) in [7, 11) is 0. The second kappa shape index (κ2) is 28.5. The van der Waals surface area contributed by atoms with Crippen LogP contribution >= 0.6 is 0 Å². The summed E-state index contributed by atoms with van der Waals surface area (Å²) in [4.78, 5) is 10.2. The van der Waals surface area contributed by atoms with Crippen LogP contribution in [0, 0.1) is 0 Å². The average Bonchev–Trinajstić information content (AvgIpc) is 2.53. The van der Waals surface area contributed by atoms with Gasteiger partial charge in [-0.05, 0) is 6.42 Å². The number of rotatable bonds is 12. The number of aliphatic carboxylic acids is 1. The van der Waals surface area contributed by atoms with Crippen LogP contribution in [0.25, 0.3) is 0 Å². The zero-order valence-corrected chi connectivity index (χ0v) is 14.3. The summed E-state index contributed by atoms with van der Waals surface area (Å²) in [5, 5.41) is 23.9. The molecule has 7 N–H and O–H groups in total. The van der Waals surface area contributed by atoms with Gasteiger partial charge in [0.2, 0.25) is 0 Å². The van der Waals surface area contributed by atoms with Crippen LogP contribution in [0.3, 0.4) is 0 Å². The van der Waals surface area contributed by atoms with Gasteiger partial charge < -0.3 is 26.8 Å². The summed E-state index contributed by atoms with van der Waals surface area (Å²) >= 11 is 0. The second-order valence-corrected chi connectivity index (χ2v) is 5.00. The van der Waals surface area contributed by atoms with Gasteiger partial charge >= 0.3 is 5.97 Å². The van der Waals surface area contributed by atoms with Crippen LogP contribution in [0.15, 0.2) is 0 Å². The minimum atomic E-state index is -0.659. The fourth-order valence-corrected chi connectivity index (χ4v) is 1.59. The molecule has 0 spiro atoms. The van der Waals surface area contributed by atoms with Crippen molar-refractivity contribution < 1.29 is 20.1 Å². The van der Waals surface area contributed by atoms with Crippen molar-refractivity contribution in [3.8, 4) is 0 Å². The molecule has 0 fully saturated rings. The lowest BCUT2D eigenvalue weighted by Crippen LogP contribution is -2.02. The maximum Gasteiger partial charge on any atom is 0.303 e. The molecule has 0 aromatic heterocycles. The van der Waals surface area contributed by atoms with Gasteiger partial charge in [0.15, 0.2) is 0 Å². The number of nitrogens with two attached hydrogens (primary N) is 2. The van der Waals surface area contributed by atoms with E-state index in [-0.39, 0.29) is 13.2 Å². The number of carboxylic acids is 1. The van der Waals surface area contributed by atoms with Crippen LogP contribution in [-0.4, -0.2) is 47.6 Å². The Balaban J connectivity index is -0.000000372. The molecule has 22 heavy (non-hydrogen) atoms. The van der Waals surface area contributed by atoms with Crippen LogP contribution in [0.4, 0.5) is 0 Å². The molecule has 0 aliphatic carbocycles. The number of carboxylic acid groups (broad SMARTS) is 1. The summed E-state index contributed by atoms with van der Waals surface area (Å²) in [5.74, 6) is -0.659. The summed E-state index contributed by atoms with van der Waals surface area (Å²) in [6, 6.07) is 0. The zero-order chi connectivity index (χ0) is 17.5. The largest absolute Gasteiger partial charge is 0.481 e. The molecule has 0 aliphatic heterocycles. The Bertz CT molecular complexity index is 185. The third-order valence-electron chi connectivity index (χ3n) is 2.75. The molecule has 0 unspecified atom stereocenters. The smallest absolute Gasteiger partial charge is 0.303 e. The first-order valence-electron chi connectivity index (χ1n) is 8.44. The van der Waals surface area contributed by atoms with E-state index in [0.29, 0.717) is 19.5 Å². The van der Waals surface area contributed by atoms with E-state index >= 15 is 0 Å². The quantitative estimate of drug-likeness (QED) is 0.349. The summed E-state index contributed by atoms with van der Waals surface area (Å²) in [6.45, 7) is 3.17. The van der Waals surface area contributed by atoms with Crippen molar-refractivity contribution in [2.75, 3.05) is 26.3 Å². The SMILES string of the molecule is CCCCCCCCCCCC(=O)O.NCCO.NCCO. The van der Waals surface area contributed by atoms with Crippen molar-refractivity contribution in [3.63, 3.8) is 0 Å². The fourth-order valence-electron chi connectivity index (χ4n) is 1.59. The van der Waals surface area contributed by atoms with E-state index in [1.807, 2.05) is 0 Å². The van der Waals surface area contributed by atoms with E-state index in [9.17, 15) is 4.79 Å². The van der Waals surface area contributed by atoms with Gasteiger partial charge in [0.05, 0.1) is 13.2 Å². The van der Waals surface area contributed by atoms with Gasteiger partial charge in [-0.25, -0.2) is 0 Å². The van der Waals surface area contributed by atoms with E-state index in [2.05, 4.69) is 6.92 Å². The van der Waals surface area contributed by atoms with Crippen molar-refractivity contribution in [1.29, 1.82) is 0 Å². The number of hydrogen-bond donors (Lipinski definition) is 5. The first-order chi connectivity index (χ1) is 10.6. The molecule has 0 aromatic rings. The number of aliphatic hydroxyl groups excluding tert-OH is 2. The van der Waals surface area contributed by atoms with Crippen molar-refractivity contribution in [3.05, 3.63) is 0 Å². The molecule has 0 saturated heterocycles. The van der Waals surface area contributed by atoms with Crippen LogP contribution < -0.4 is 11.5 Å². The van der Waals surface area contributed by atoms with Crippen molar-refractivity contribution >= 4 is 5.97 Å². The zero-order valence-electron chi connectivity index (χ0n) is 14.3. The highest BCUT2D eigenvalue weighted by molar-refractivity contribution is 5.66. The third kappa shape index (κ3) is 42.7. The summed E-state index contributed by atoms with van der Waals surface area (Å²) in [5.41, 5.74) is 9.56. The van der Waals surface area contributed by atoms with E-state index in [4.69, 9.17) is 26.8 Å².